The Balaban J connectivity index is 2.45. The Bertz CT molecular complexity index is 428. The van der Waals surface area contributed by atoms with Gasteiger partial charge in [0, 0.05) is 17.2 Å². The van der Waals surface area contributed by atoms with Crippen molar-refractivity contribution in [1.82, 2.24) is 5.32 Å². The minimum Gasteiger partial charge on any atom is -0.496 e. The van der Waals surface area contributed by atoms with Crippen LogP contribution in [0.1, 0.15) is 36.4 Å². The molecule has 4 heteroatoms. The summed E-state index contributed by atoms with van der Waals surface area (Å²) in [4.78, 5) is 0. The smallest absolute Gasteiger partial charge is 0.139 e. The number of ether oxygens (including phenoxy) is 2. The molecule has 0 radical (unpaired) electrons. The largest absolute Gasteiger partial charge is 0.496 e. The van der Waals surface area contributed by atoms with Gasteiger partial charge in [-0.15, -0.1) is 0 Å². The summed E-state index contributed by atoms with van der Waals surface area (Å²) in [6.45, 7) is 3.12. The van der Waals surface area contributed by atoms with Crippen molar-refractivity contribution >= 4 is 15.9 Å². The molecule has 1 aromatic rings. The SMILES string of the molecule is COc1c(Br)cc(C2CCCCN2)c(OC)c1C. The summed E-state index contributed by atoms with van der Waals surface area (Å²) in [5.41, 5.74) is 2.28. The first kappa shape index (κ1) is 13.7. The van der Waals surface area contributed by atoms with Gasteiger partial charge in [-0.1, -0.05) is 6.42 Å². The van der Waals surface area contributed by atoms with Crippen molar-refractivity contribution in [3.63, 3.8) is 0 Å². The molecular formula is C14H20BrNO2. The van der Waals surface area contributed by atoms with Crippen molar-refractivity contribution < 1.29 is 9.47 Å². The summed E-state index contributed by atoms with van der Waals surface area (Å²) >= 11 is 3.58. The fraction of sp³-hybridized carbons (Fsp3) is 0.571. The van der Waals surface area contributed by atoms with Gasteiger partial charge >= 0.3 is 0 Å². The molecular weight excluding hydrogens is 294 g/mol. The third kappa shape index (κ3) is 2.50. The molecule has 1 atom stereocenters. The standard InChI is InChI=1S/C14H20BrNO2/c1-9-13(17-2)10(8-11(15)14(9)18-3)12-6-4-5-7-16-12/h8,12,16H,4-7H2,1-3H3. The van der Waals surface area contributed by atoms with Gasteiger partial charge in [-0.3, -0.25) is 0 Å². The number of hydrogen-bond acceptors (Lipinski definition) is 3. The van der Waals surface area contributed by atoms with Crippen LogP contribution in [-0.2, 0) is 0 Å². The predicted molar refractivity (Wildman–Crippen MR) is 76.6 cm³/mol. The molecule has 1 unspecified atom stereocenters. The first-order valence-electron chi connectivity index (χ1n) is 6.33. The zero-order chi connectivity index (χ0) is 13.1. The summed E-state index contributed by atoms with van der Waals surface area (Å²) in [5, 5.41) is 3.56. The van der Waals surface area contributed by atoms with E-state index in [-0.39, 0.29) is 0 Å². The maximum atomic E-state index is 5.59. The fourth-order valence-corrected chi connectivity index (χ4v) is 3.37. The van der Waals surface area contributed by atoms with Gasteiger partial charge < -0.3 is 14.8 Å². The molecule has 0 saturated carbocycles. The van der Waals surface area contributed by atoms with Crippen LogP contribution in [0.15, 0.2) is 10.5 Å². The van der Waals surface area contributed by atoms with Crippen molar-refractivity contribution in [1.29, 1.82) is 0 Å². The Labute approximate surface area is 117 Å². The van der Waals surface area contributed by atoms with Gasteiger partial charge in [0.25, 0.3) is 0 Å². The van der Waals surface area contributed by atoms with E-state index < -0.39 is 0 Å². The van der Waals surface area contributed by atoms with E-state index >= 15 is 0 Å². The van der Waals surface area contributed by atoms with Gasteiger partial charge in [-0.25, -0.2) is 0 Å². The predicted octanol–water partition coefficient (Wildman–Crippen LogP) is 3.59. The molecule has 1 aromatic carbocycles. The van der Waals surface area contributed by atoms with E-state index in [1.807, 2.05) is 6.92 Å². The Morgan fingerprint density at radius 2 is 1.94 bits per heavy atom. The van der Waals surface area contributed by atoms with Crippen LogP contribution in [0.3, 0.4) is 0 Å². The van der Waals surface area contributed by atoms with Crippen LogP contribution in [0.25, 0.3) is 0 Å². The molecule has 0 amide bonds. The first-order chi connectivity index (χ1) is 8.69. The van der Waals surface area contributed by atoms with E-state index in [1.165, 1.54) is 18.4 Å². The van der Waals surface area contributed by atoms with Crippen molar-refractivity contribution in [2.24, 2.45) is 0 Å². The van der Waals surface area contributed by atoms with Gasteiger partial charge in [0.1, 0.15) is 11.5 Å². The van der Waals surface area contributed by atoms with Crippen LogP contribution < -0.4 is 14.8 Å². The number of benzene rings is 1. The lowest BCUT2D eigenvalue weighted by Crippen LogP contribution is -2.27. The second kappa shape index (κ2) is 5.93. The second-order valence-electron chi connectivity index (χ2n) is 4.64. The number of nitrogens with one attached hydrogen (secondary N) is 1. The lowest BCUT2D eigenvalue weighted by Gasteiger charge is -2.27. The Morgan fingerprint density at radius 1 is 1.22 bits per heavy atom. The van der Waals surface area contributed by atoms with E-state index in [2.05, 4.69) is 27.3 Å². The Morgan fingerprint density at radius 3 is 2.50 bits per heavy atom. The van der Waals surface area contributed by atoms with Crippen molar-refractivity contribution in [2.45, 2.75) is 32.2 Å². The summed E-state index contributed by atoms with van der Waals surface area (Å²) < 4.78 is 12.0. The lowest BCUT2D eigenvalue weighted by molar-refractivity contribution is 0.362. The molecule has 1 aliphatic heterocycles. The number of halogens is 1. The third-order valence-corrected chi connectivity index (χ3v) is 4.13. The number of methoxy groups -OCH3 is 2. The molecule has 1 aliphatic rings. The summed E-state index contributed by atoms with van der Waals surface area (Å²) in [7, 11) is 3.41. The van der Waals surface area contributed by atoms with Crippen LogP contribution in [0.5, 0.6) is 11.5 Å². The molecule has 0 aromatic heterocycles. The first-order valence-corrected chi connectivity index (χ1v) is 7.12. The van der Waals surface area contributed by atoms with E-state index in [0.717, 1.165) is 34.5 Å². The molecule has 0 aliphatic carbocycles. The van der Waals surface area contributed by atoms with Gasteiger partial charge in [-0.05, 0) is 48.3 Å². The summed E-state index contributed by atoms with van der Waals surface area (Å²) in [5.74, 6) is 1.79. The lowest BCUT2D eigenvalue weighted by atomic mass is 9.95. The molecule has 2 rings (SSSR count). The van der Waals surface area contributed by atoms with Gasteiger partial charge in [0.05, 0.1) is 18.7 Å². The van der Waals surface area contributed by atoms with E-state index in [9.17, 15) is 0 Å². The number of hydrogen-bond donors (Lipinski definition) is 1. The van der Waals surface area contributed by atoms with Gasteiger partial charge in [-0.2, -0.15) is 0 Å². The van der Waals surface area contributed by atoms with Crippen molar-refractivity contribution in [3.05, 3.63) is 21.7 Å². The fourth-order valence-electron chi connectivity index (χ4n) is 2.66. The maximum Gasteiger partial charge on any atom is 0.139 e. The topological polar surface area (TPSA) is 30.5 Å². The minimum atomic E-state index is 0.384. The highest BCUT2D eigenvalue weighted by Crippen LogP contribution is 2.41. The van der Waals surface area contributed by atoms with Crippen LogP contribution in [-0.4, -0.2) is 20.8 Å². The van der Waals surface area contributed by atoms with Crippen LogP contribution in [0.2, 0.25) is 0 Å². The maximum absolute atomic E-state index is 5.59. The zero-order valence-corrected chi connectivity index (χ0v) is 12.8. The molecule has 100 valence electrons. The minimum absolute atomic E-state index is 0.384. The van der Waals surface area contributed by atoms with Gasteiger partial charge in [0.15, 0.2) is 0 Å². The van der Waals surface area contributed by atoms with E-state index in [1.54, 1.807) is 14.2 Å². The number of piperidine rings is 1. The molecule has 1 heterocycles. The molecule has 0 bridgehead atoms. The van der Waals surface area contributed by atoms with Crippen molar-refractivity contribution in [3.8, 4) is 11.5 Å². The molecule has 3 nitrogen and oxygen atoms in total. The monoisotopic (exact) mass is 313 g/mol. The van der Waals surface area contributed by atoms with E-state index in [4.69, 9.17) is 9.47 Å². The molecule has 1 N–H and O–H groups in total. The Hall–Kier alpha value is -0.740. The average molecular weight is 314 g/mol. The van der Waals surface area contributed by atoms with Crippen LogP contribution in [0.4, 0.5) is 0 Å². The third-order valence-electron chi connectivity index (χ3n) is 3.54. The molecule has 0 spiro atoms. The van der Waals surface area contributed by atoms with Crippen molar-refractivity contribution in [2.75, 3.05) is 20.8 Å². The van der Waals surface area contributed by atoms with Crippen LogP contribution in [0, 0.1) is 6.92 Å². The van der Waals surface area contributed by atoms with Crippen LogP contribution >= 0.6 is 15.9 Å². The highest BCUT2D eigenvalue weighted by atomic mass is 79.9. The number of rotatable bonds is 3. The molecule has 1 fully saturated rings. The van der Waals surface area contributed by atoms with E-state index in [0.29, 0.717) is 6.04 Å². The highest BCUT2D eigenvalue weighted by molar-refractivity contribution is 9.10. The quantitative estimate of drug-likeness (QED) is 0.925. The van der Waals surface area contributed by atoms with Gasteiger partial charge in [0.2, 0.25) is 0 Å². The summed E-state index contributed by atoms with van der Waals surface area (Å²) in [6.07, 6.45) is 3.69. The highest BCUT2D eigenvalue weighted by Gasteiger charge is 2.23. The zero-order valence-electron chi connectivity index (χ0n) is 11.2. The Kier molecular flexibility index (Phi) is 4.51. The summed E-state index contributed by atoms with van der Waals surface area (Å²) in [6, 6.07) is 2.50. The molecule has 18 heavy (non-hydrogen) atoms. The molecule has 1 saturated heterocycles. The second-order valence-corrected chi connectivity index (χ2v) is 5.50. The average Bonchev–Trinajstić information content (AvgIpc) is 2.39. The normalized spacial score (nSPS) is 19.7.